The number of amides is 1. The topological polar surface area (TPSA) is 20.3 Å². The van der Waals surface area contributed by atoms with E-state index in [1.807, 2.05) is 38.1 Å². The molecule has 0 saturated carbocycles. The summed E-state index contributed by atoms with van der Waals surface area (Å²) in [6.07, 6.45) is 0. The number of carbonyl (C=O) groups excluding carboxylic acids is 1. The molecule has 0 saturated heterocycles. The van der Waals surface area contributed by atoms with Crippen molar-refractivity contribution in [3.05, 3.63) is 69.4 Å². The van der Waals surface area contributed by atoms with Gasteiger partial charge < -0.3 is 4.90 Å². The molecule has 2 nitrogen and oxygen atoms in total. The number of nitrogens with zero attached hydrogens (tertiary/aromatic N) is 1. The van der Waals surface area contributed by atoms with E-state index in [4.69, 9.17) is 0 Å². The number of rotatable bonds is 3. The van der Waals surface area contributed by atoms with Gasteiger partial charge in [0.05, 0.1) is 11.6 Å². The molecule has 2 aromatic carbocycles. The first-order valence-corrected chi connectivity index (χ1v) is 7.48. The Morgan fingerprint density at radius 1 is 1.19 bits per heavy atom. The molecule has 110 valence electrons. The van der Waals surface area contributed by atoms with Crippen LogP contribution in [0.25, 0.3) is 0 Å². The van der Waals surface area contributed by atoms with Gasteiger partial charge in [-0.1, -0.05) is 45.8 Å². The highest BCUT2D eigenvalue weighted by Gasteiger charge is 2.21. The molecule has 0 aromatic heterocycles. The third-order valence-corrected chi connectivity index (χ3v) is 4.11. The van der Waals surface area contributed by atoms with Crippen LogP contribution in [-0.4, -0.2) is 17.9 Å². The number of halogens is 2. The molecule has 0 aliphatic rings. The van der Waals surface area contributed by atoms with Crippen LogP contribution in [0.4, 0.5) is 4.39 Å². The number of aryl methyl sites for hydroxylation is 1. The summed E-state index contributed by atoms with van der Waals surface area (Å²) in [4.78, 5) is 14.0. The van der Waals surface area contributed by atoms with Crippen molar-refractivity contribution in [2.24, 2.45) is 0 Å². The maximum atomic E-state index is 13.8. The van der Waals surface area contributed by atoms with Gasteiger partial charge in [-0.25, -0.2) is 4.39 Å². The van der Waals surface area contributed by atoms with E-state index in [0.717, 1.165) is 11.1 Å². The second kappa shape index (κ2) is 6.39. The molecule has 0 aliphatic carbocycles. The van der Waals surface area contributed by atoms with E-state index in [-0.39, 0.29) is 17.5 Å². The van der Waals surface area contributed by atoms with Gasteiger partial charge in [0, 0.05) is 11.5 Å². The van der Waals surface area contributed by atoms with Crippen molar-refractivity contribution in [3.63, 3.8) is 0 Å². The Kier molecular flexibility index (Phi) is 4.78. The molecule has 0 spiro atoms. The van der Waals surface area contributed by atoms with Crippen molar-refractivity contribution in [2.75, 3.05) is 7.05 Å². The number of hydrogen-bond donors (Lipinski definition) is 0. The Labute approximate surface area is 132 Å². The van der Waals surface area contributed by atoms with E-state index in [1.165, 1.54) is 12.1 Å². The monoisotopic (exact) mass is 349 g/mol. The largest absolute Gasteiger partial charge is 0.335 e. The molecule has 2 rings (SSSR count). The van der Waals surface area contributed by atoms with Crippen molar-refractivity contribution in [3.8, 4) is 0 Å². The second-order valence-corrected chi connectivity index (χ2v) is 6.04. The van der Waals surface area contributed by atoms with Crippen LogP contribution in [0.3, 0.4) is 0 Å². The summed E-state index contributed by atoms with van der Waals surface area (Å²) in [5.74, 6) is -0.840. The first-order chi connectivity index (χ1) is 9.90. The highest BCUT2D eigenvalue weighted by molar-refractivity contribution is 9.10. The summed E-state index contributed by atoms with van der Waals surface area (Å²) < 4.78 is 14.5. The smallest absolute Gasteiger partial charge is 0.257 e. The summed E-state index contributed by atoms with van der Waals surface area (Å²) in [5, 5.41) is 0. The lowest BCUT2D eigenvalue weighted by Crippen LogP contribution is -2.30. The van der Waals surface area contributed by atoms with Crippen molar-refractivity contribution in [1.82, 2.24) is 4.90 Å². The highest BCUT2D eigenvalue weighted by atomic mass is 79.9. The molecule has 1 amide bonds. The van der Waals surface area contributed by atoms with E-state index in [9.17, 15) is 9.18 Å². The lowest BCUT2D eigenvalue weighted by atomic mass is 10.0. The molecule has 0 bridgehead atoms. The minimum absolute atomic E-state index is 0.0748. The molecule has 1 unspecified atom stereocenters. The number of hydrogen-bond acceptors (Lipinski definition) is 1. The van der Waals surface area contributed by atoms with Crippen LogP contribution < -0.4 is 0 Å². The fraction of sp³-hybridized carbons (Fsp3) is 0.235. The minimum Gasteiger partial charge on any atom is -0.335 e. The molecule has 4 heteroatoms. The molecule has 0 aliphatic heterocycles. The third kappa shape index (κ3) is 3.50. The zero-order valence-corrected chi connectivity index (χ0v) is 13.8. The van der Waals surface area contributed by atoms with E-state index < -0.39 is 5.82 Å². The molecule has 0 heterocycles. The molecule has 0 fully saturated rings. The Morgan fingerprint density at radius 2 is 1.81 bits per heavy atom. The lowest BCUT2D eigenvalue weighted by molar-refractivity contribution is 0.0738. The standard InChI is InChI=1S/C17H17BrFNO/c1-11-4-6-13(7-5-11)12(2)20(3)17(21)15-10-14(18)8-9-16(15)19/h4-10,12H,1-3H3. The first kappa shape index (κ1) is 15.7. The maximum Gasteiger partial charge on any atom is 0.257 e. The third-order valence-electron chi connectivity index (χ3n) is 3.62. The zero-order chi connectivity index (χ0) is 15.6. The normalized spacial score (nSPS) is 12.0. The zero-order valence-electron chi connectivity index (χ0n) is 12.2. The average molecular weight is 350 g/mol. The van der Waals surface area contributed by atoms with Gasteiger partial charge in [-0.3, -0.25) is 4.79 Å². The summed E-state index contributed by atoms with van der Waals surface area (Å²) in [7, 11) is 1.69. The summed E-state index contributed by atoms with van der Waals surface area (Å²) >= 11 is 3.27. The van der Waals surface area contributed by atoms with Gasteiger partial charge in [0.1, 0.15) is 5.82 Å². The molecule has 0 radical (unpaired) electrons. The Balaban J connectivity index is 2.26. The van der Waals surface area contributed by atoms with Crippen LogP contribution in [0.1, 0.15) is 34.5 Å². The van der Waals surface area contributed by atoms with E-state index >= 15 is 0 Å². The molecular weight excluding hydrogens is 333 g/mol. The van der Waals surface area contributed by atoms with Crippen LogP contribution in [-0.2, 0) is 0 Å². The second-order valence-electron chi connectivity index (χ2n) is 5.13. The molecule has 21 heavy (non-hydrogen) atoms. The van der Waals surface area contributed by atoms with Gasteiger partial charge >= 0.3 is 0 Å². The lowest BCUT2D eigenvalue weighted by Gasteiger charge is -2.25. The van der Waals surface area contributed by atoms with Crippen molar-refractivity contribution < 1.29 is 9.18 Å². The fourth-order valence-electron chi connectivity index (χ4n) is 2.10. The van der Waals surface area contributed by atoms with Crippen LogP contribution in [0.2, 0.25) is 0 Å². The van der Waals surface area contributed by atoms with Crippen molar-refractivity contribution in [1.29, 1.82) is 0 Å². The molecule has 2 aromatic rings. The van der Waals surface area contributed by atoms with Gasteiger partial charge in [-0.05, 0) is 37.6 Å². The van der Waals surface area contributed by atoms with Gasteiger partial charge in [-0.15, -0.1) is 0 Å². The first-order valence-electron chi connectivity index (χ1n) is 6.69. The van der Waals surface area contributed by atoms with Crippen LogP contribution in [0.15, 0.2) is 46.9 Å². The minimum atomic E-state index is -0.508. The van der Waals surface area contributed by atoms with Gasteiger partial charge in [0.15, 0.2) is 0 Å². The Hall–Kier alpha value is -1.68. The van der Waals surface area contributed by atoms with Gasteiger partial charge in [0.2, 0.25) is 0 Å². The van der Waals surface area contributed by atoms with Crippen molar-refractivity contribution >= 4 is 21.8 Å². The molecular formula is C17H17BrFNO. The maximum absolute atomic E-state index is 13.8. The van der Waals surface area contributed by atoms with Crippen LogP contribution in [0.5, 0.6) is 0 Å². The van der Waals surface area contributed by atoms with Gasteiger partial charge in [-0.2, -0.15) is 0 Å². The number of benzene rings is 2. The average Bonchev–Trinajstić information content (AvgIpc) is 2.48. The number of carbonyl (C=O) groups is 1. The fourth-order valence-corrected chi connectivity index (χ4v) is 2.46. The molecule has 0 N–H and O–H groups in total. The summed E-state index contributed by atoms with van der Waals surface area (Å²) in [6, 6.07) is 12.2. The predicted molar refractivity (Wildman–Crippen MR) is 85.8 cm³/mol. The van der Waals surface area contributed by atoms with Crippen molar-refractivity contribution in [2.45, 2.75) is 19.9 Å². The summed E-state index contributed by atoms with van der Waals surface area (Å²) in [6.45, 7) is 3.94. The Bertz CT molecular complexity index is 654. The molecule has 1 atom stereocenters. The predicted octanol–water partition coefficient (Wildman–Crippen LogP) is 4.73. The van der Waals surface area contributed by atoms with E-state index in [0.29, 0.717) is 4.47 Å². The Morgan fingerprint density at radius 3 is 2.43 bits per heavy atom. The SMILES string of the molecule is Cc1ccc(C(C)N(C)C(=O)c2cc(Br)ccc2F)cc1. The van der Waals surface area contributed by atoms with Crippen LogP contribution in [0, 0.1) is 12.7 Å². The van der Waals surface area contributed by atoms with E-state index in [2.05, 4.69) is 15.9 Å². The van der Waals surface area contributed by atoms with Gasteiger partial charge in [0.25, 0.3) is 5.91 Å². The summed E-state index contributed by atoms with van der Waals surface area (Å²) in [5.41, 5.74) is 2.26. The van der Waals surface area contributed by atoms with E-state index in [1.54, 1.807) is 18.0 Å². The quantitative estimate of drug-likeness (QED) is 0.784. The van der Waals surface area contributed by atoms with Crippen LogP contribution >= 0.6 is 15.9 Å². The highest BCUT2D eigenvalue weighted by Crippen LogP contribution is 2.23.